The predicted molar refractivity (Wildman–Crippen MR) is 98.3 cm³/mol. The third-order valence-corrected chi connectivity index (χ3v) is 4.44. The summed E-state index contributed by atoms with van der Waals surface area (Å²) >= 11 is 5.21. The number of amides is 1. The maximum absolute atomic E-state index is 12.2. The molecule has 24 heavy (non-hydrogen) atoms. The fraction of sp³-hybridized carbons (Fsp3) is 0.158. The molecule has 1 amide bonds. The number of nitrogens with zero attached hydrogens (tertiary/aromatic N) is 2. The van der Waals surface area contributed by atoms with E-state index in [0.29, 0.717) is 17.4 Å². The molecule has 0 spiro atoms. The standard InChI is InChI=1S/C19H18N2O2S/c1-20-17(18(22)21(2)19(20)24)12-14-8-10-16(11-9-14)23-13-15-6-4-3-5-7-15/h3-12H,13H2,1-2H3/b17-12-. The van der Waals surface area contributed by atoms with Crippen molar-refractivity contribution in [2.75, 3.05) is 14.1 Å². The number of rotatable bonds is 4. The fourth-order valence-electron chi connectivity index (χ4n) is 2.45. The zero-order chi connectivity index (χ0) is 17.1. The second-order valence-corrected chi connectivity index (χ2v) is 5.94. The van der Waals surface area contributed by atoms with Crippen molar-refractivity contribution >= 4 is 29.3 Å². The Balaban J connectivity index is 1.70. The molecule has 4 nitrogen and oxygen atoms in total. The third-order valence-electron chi connectivity index (χ3n) is 3.89. The summed E-state index contributed by atoms with van der Waals surface area (Å²) in [7, 11) is 3.48. The first kappa shape index (κ1) is 16.2. The summed E-state index contributed by atoms with van der Waals surface area (Å²) in [4.78, 5) is 15.4. The molecule has 1 fully saturated rings. The highest BCUT2D eigenvalue weighted by atomic mass is 32.1. The fourth-order valence-corrected chi connectivity index (χ4v) is 2.63. The SMILES string of the molecule is CN1C(=O)/C(=C/c2ccc(OCc3ccccc3)cc2)N(C)C1=S. The van der Waals surface area contributed by atoms with Crippen LogP contribution < -0.4 is 4.74 Å². The molecule has 122 valence electrons. The monoisotopic (exact) mass is 338 g/mol. The first-order valence-corrected chi connectivity index (χ1v) is 8.01. The molecule has 2 aromatic carbocycles. The Labute approximate surface area is 147 Å². The van der Waals surface area contributed by atoms with Crippen molar-refractivity contribution < 1.29 is 9.53 Å². The molecule has 0 N–H and O–H groups in total. The van der Waals surface area contributed by atoms with E-state index in [1.54, 1.807) is 19.0 Å². The maximum atomic E-state index is 12.2. The summed E-state index contributed by atoms with van der Waals surface area (Å²) < 4.78 is 5.77. The van der Waals surface area contributed by atoms with Crippen molar-refractivity contribution in [3.05, 3.63) is 71.4 Å². The molecule has 2 aromatic rings. The molecule has 1 heterocycles. The van der Waals surface area contributed by atoms with E-state index in [4.69, 9.17) is 17.0 Å². The van der Waals surface area contributed by atoms with E-state index in [1.807, 2.05) is 60.7 Å². The summed E-state index contributed by atoms with van der Waals surface area (Å²) in [6.45, 7) is 0.529. The molecule has 5 heteroatoms. The summed E-state index contributed by atoms with van der Waals surface area (Å²) in [5.41, 5.74) is 2.62. The van der Waals surface area contributed by atoms with Gasteiger partial charge in [-0.1, -0.05) is 42.5 Å². The summed E-state index contributed by atoms with van der Waals surface area (Å²) in [5, 5.41) is 0.508. The van der Waals surface area contributed by atoms with Gasteiger partial charge in [0.1, 0.15) is 18.1 Å². The van der Waals surface area contributed by atoms with Crippen molar-refractivity contribution in [2.45, 2.75) is 6.61 Å². The van der Waals surface area contributed by atoms with Gasteiger partial charge in [-0.15, -0.1) is 0 Å². The molecule has 0 bridgehead atoms. The van der Waals surface area contributed by atoms with E-state index in [1.165, 1.54) is 4.90 Å². The minimum absolute atomic E-state index is 0.0908. The van der Waals surface area contributed by atoms with Gasteiger partial charge < -0.3 is 9.64 Å². The second-order valence-electron chi connectivity index (χ2n) is 5.58. The number of hydrogen-bond donors (Lipinski definition) is 0. The minimum Gasteiger partial charge on any atom is -0.489 e. The Hall–Kier alpha value is -2.66. The van der Waals surface area contributed by atoms with Crippen LogP contribution in [-0.4, -0.2) is 34.9 Å². The van der Waals surface area contributed by atoms with Crippen LogP contribution in [0.3, 0.4) is 0 Å². The normalized spacial score (nSPS) is 16.2. The molecule has 0 aromatic heterocycles. The molecule has 3 rings (SSSR count). The van der Waals surface area contributed by atoms with Crippen LogP contribution in [0.5, 0.6) is 5.75 Å². The van der Waals surface area contributed by atoms with Crippen LogP contribution in [0.2, 0.25) is 0 Å². The molecule has 0 unspecified atom stereocenters. The number of thiocarbonyl (C=S) groups is 1. The van der Waals surface area contributed by atoms with Gasteiger partial charge in [0.05, 0.1) is 0 Å². The Morgan fingerprint density at radius 3 is 2.25 bits per heavy atom. The quantitative estimate of drug-likeness (QED) is 0.633. The molecular weight excluding hydrogens is 320 g/mol. The van der Waals surface area contributed by atoms with E-state index >= 15 is 0 Å². The number of benzene rings is 2. The number of ether oxygens (including phenoxy) is 1. The average Bonchev–Trinajstić information content (AvgIpc) is 2.80. The third kappa shape index (κ3) is 3.31. The average molecular weight is 338 g/mol. The molecule has 1 aliphatic rings. The lowest BCUT2D eigenvalue weighted by Crippen LogP contribution is -2.26. The Morgan fingerprint density at radius 2 is 1.67 bits per heavy atom. The second kappa shape index (κ2) is 6.84. The lowest BCUT2D eigenvalue weighted by atomic mass is 10.1. The zero-order valence-electron chi connectivity index (χ0n) is 13.6. The smallest absolute Gasteiger partial charge is 0.276 e. The van der Waals surface area contributed by atoms with E-state index in [9.17, 15) is 4.79 Å². The highest BCUT2D eigenvalue weighted by Crippen LogP contribution is 2.22. The minimum atomic E-state index is -0.0908. The number of hydrogen-bond acceptors (Lipinski definition) is 3. The first-order chi connectivity index (χ1) is 11.6. The number of likely N-dealkylation sites (N-methyl/N-ethyl adjacent to an activating group) is 2. The molecular formula is C19H18N2O2S. The van der Waals surface area contributed by atoms with Gasteiger partial charge in [0.15, 0.2) is 5.11 Å². The van der Waals surface area contributed by atoms with Gasteiger partial charge in [0, 0.05) is 14.1 Å². The summed E-state index contributed by atoms with van der Waals surface area (Å²) in [6, 6.07) is 17.7. The van der Waals surface area contributed by atoms with Crippen LogP contribution in [-0.2, 0) is 11.4 Å². The van der Waals surface area contributed by atoms with Gasteiger partial charge >= 0.3 is 0 Å². The van der Waals surface area contributed by atoms with Gasteiger partial charge in [0.2, 0.25) is 0 Å². The lowest BCUT2D eigenvalue weighted by Gasteiger charge is -2.11. The van der Waals surface area contributed by atoms with Gasteiger partial charge in [-0.3, -0.25) is 9.69 Å². The summed E-state index contributed by atoms with van der Waals surface area (Å²) in [5.74, 6) is 0.701. The highest BCUT2D eigenvalue weighted by Gasteiger charge is 2.32. The van der Waals surface area contributed by atoms with Crippen LogP contribution in [0.4, 0.5) is 0 Å². The van der Waals surface area contributed by atoms with Gasteiger partial charge in [-0.2, -0.15) is 0 Å². The zero-order valence-corrected chi connectivity index (χ0v) is 14.4. The van der Waals surface area contributed by atoms with Crippen LogP contribution in [0.15, 0.2) is 60.3 Å². The van der Waals surface area contributed by atoms with Crippen LogP contribution >= 0.6 is 12.2 Å². The number of carbonyl (C=O) groups excluding carboxylic acids is 1. The first-order valence-electron chi connectivity index (χ1n) is 7.60. The van der Waals surface area contributed by atoms with E-state index < -0.39 is 0 Å². The molecule has 1 aliphatic heterocycles. The molecule has 0 atom stereocenters. The molecule has 0 saturated carbocycles. The lowest BCUT2D eigenvalue weighted by molar-refractivity contribution is -0.121. The van der Waals surface area contributed by atoms with Crippen LogP contribution in [0.25, 0.3) is 6.08 Å². The predicted octanol–water partition coefficient (Wildman–Crippen LogP) is 3.30. The Kier molecular flexibility index (Phi) is 4.62. The van der Waals surface area contributed by atoms with E-state index in [2.05, 4.69) is 0 Å². The van der Waals surface area contributed by atoms with Crippen molar-refractivity contribution in [3.63, 3.8) is 0 Å². The van der Waals surface area contributed by atoms with E-state index in [0.717, 1.165) is 16.9 Å². The largest absolute Gasteiger partial charge is 0.489 e. The Morgan fingerprint density at radius 1 is 1.00 bits per heavy atom. The Bertz CT molecular complexity index is 785. The van der Waals surface area contributed by atoms with Crippen LogP contribution in [0.1, 0.15) is 11.1 Å². The highest BCUT2D eigenvalue weighted by molar-refractivity contribution is 7.80. The molecule has 1 saturated heterocycles. The van der Waals surface area contributed by atoms with Gasteiger partial charge in [0.25, 0.3) is 5.91 Å². The van der Waals surface area contributed by atoms with Crippen molar-refractivity contribution in [1.82, 2.24) is 9.80 Å². The van der Waals surface area contributed by atoms with E-state index in [-0.39, 0.29) is 5.91 Å². The van der Waals surface area contributed by atoms with Crippen molar-refractivity contribution in [3.8, 4) is 5.75 Å². The van der Waals surface area contributed by atoms with Crippen molar-refractivity contribution in [1.29, 1.82) is 0 Å². The summed E-state index contributed by atoms with van der Waals surface area (Å²) in [6.07, 6.45) is 1.83. The molecule has 0 aliphatic carbocycles. The van der Waals surface area contributed by atoms with Gasteiger partial charge in [-0.05, 0) is 41.6 Å². The maximum Gasteiger partial charge on any atom is 0.276 e. The topological polar surface area (TPSA) is 32.8 Å². The molecule has 0 radical (unpaired) electrons. The van der Waals surface area contributed by atoms with Gasteiger partial charge in [-0.25, -0.2) is 0 Å². The number of carbonyl (C=O) groups is 1. The van der Waals surface area contributed by atoms with Crippen molar-refractivity contribution in [2.24, 2.45) is 0 Å². The van der Waals surface area contributed by atoms with Crippen LogP contribution in [0, 0.1) is 0 Å².